The number of hydrogen-bond donors (Lipinski definition) is 4. The second-order valence-corrected chi connectivity index (χ2v) is 2.72. The van der Waals surface area contributed by atoms with E-state index in [1.54, 1.807) is 0 Å². The Morgan fingerprint density at radius 3 is 2.58 bits per heavy atom. The van der Waals surface area contributed by atoms with Crippen molar-refractivity contribution in [1.29, 1.82) is 0 Å². The highest BCUT2D eigenvalue weighted by molar-refractivity contribution is 5.79. The van der Waals surface area contributed by atoms with Gasteiger partial charge >= 0.3 is 0 Å². The number of nitrogens with two attached hydrogens (primary N) is 2. The van der Waals surface area contributed by atoms with Crippen molar-refractivity contribution in [2.75, 3.05) is 13.6 Å². The van der Waals surface area contributed by atoms with Crippen LogP contribution in [-0.2, 0) is 4.79 Å². The zero-order valence-corrected chi connectivity index (χ0v) is 7.47. The molecule has 0 saturated carbocycles. The molecule has 5 nitrogen and oxygen atoms in total. The molecule has 0 rings (SSSR count). The van der Waals surface area contributed by atoms with Gasteiger partial charge in [0.25, 0.3) is 0 Å². The van der Waals surface area contributed by atoms with Gasteiger partial charge in [-0.15, -0.1) is 0 Å². The number of unbranched alkanes of at least 4 members (excludes halogenated alkanes) is 1. The van der Waals surface area contributed by atoms with E-state index in [0.29, 0.717) is 6.42 Å². The summed E-state index contributed by atoms with van der Waals surface area (Å²) in [6.07, 6.45) is 2.67. The predicted molar refractivity (Wildman–Crippen MR) is 48.1 cm³/mol. The molecular weight excluding hydrogens is 156 g/mol. The third-order valence-electron chi connectivity index (χ3n) is 1.71. The Morgan fingerprint density at radius 1 is 1.50 bits per heavy atom. The van der Waals surface area contributed by atoms with E-state index in [-0.39, 0.29) is 11.9 Å². The molecule has 0 spiro atoms. The molecule has 0 saturated heterocycles. The molecule has 12 heavy (non-hydrogen) atoms. The third-order valence-corrected chi connectivity index (χ3v) is 1.71. The van der Waals surface area contributed by atoms with Crippen LogP contribution in [0.15, 0.2) is 0 Å². The SMILES string of the molecule is CNCCCCC(NN)C(N)=O. The fraction of sp³-hybridized carbons (Fsp3) is 0.857. The molecule has 0 heterocycles. The molecule has 72 valence electrons. The van der Waals surface area contributed by atoms with Crippen LogP contribution in [0.5, 0.6) is 0 Å². The number of amides is 1. The highest BCUT2D eigenvalue weighted by atomic mass is 16.1. The summed E-state index contributed by atoms with van der Waals surface area (Å²) >= 11 is 0. The number of hydrazine groups is 1. The van der Waals surface area contributed by atoms with Crippen molar-refractivity contribution in [3.63, 3.8) is 0 Å². The average molecular weight is 174 g/mol. The van der Waals surface area contributed by atoms with Gasteiger partial charge in [0, 0.05) is 0 Å². The van der Waals surface area contributed by atoms with Crippen molar-refractivity contribution < 1.29 is 4.79 Å². The van der Waals surface area contributed by atoms with Crippen molar-refractivity contribution in [3.8, 4) is 0 Å². The number of carbonyl (C=O) groups excluding carboxylic acids is 1. The fourth-order valence-electron chi connectivity index (χ4n) is 0.958. The first-order valence-corrected chi connectivity index (χ1v) is 4.12. The van der Waals surface area contributed by atoms with Gasteiger partial charge in [0.1, 0.15) is 0 Å². The molecule has 6 N–H and O–H groups in total. The minimum Gasteiger partial charge on any atom is -0.368 e. The number of rotatable bonds is 7. The minimum atomic E-state index is -0.387. The van der Waals surface area contributed by atoms with Crippen LogP contribution in [0.4, 0.5) is 0 Å². The fourth-order valence-corrected chi connectivity index (χ4v) is 0.958. The van der Waals surface area contributed by atoms with Gasteiger partial charge in [0.05, 0.1) is 6.04 Å². The van der Waals surface area contributed by atoms with Gasteiger partial charge in [0.2, 0.25) is 5.91 Å². The van der Waals surface area contributed by atoms with E-state index in [9.17, 15) is 4.79 Å². The van der Waals surface area contributed by atoms with Crippen LogP contribution in [-0.4, -0.2) is 25.5 Å². The van der Waals surface area contributed by atoms with Crippen molar-refractivity contribution in [2.24, 2.45) is 11.6 Å². The number of primary amides is 1. The summed E-state index contributed by atoms with van der Waals surface area (Å²) in [7, 11) is 1.90. The molecule has 0 aliphatic rings. The molecule has 0 aromatic heterocycles. The monoisotopic (exact) mass is 174 g/mol. The van der Waals surface area contributed by atoms with Crippen LogP contribution in [0.2, 0.25) is 0 Å². The first kappa shape index (κ1) is 11.4. The first-order chi connectivity index (χ1) is 5.72. The van der Waals surface area contributed by atoms with Crippen molar-refractivity contribution in [2.45, 2.75) is 25.3 Å². The summed E-state index contributed by atoms with van der Waals surface area (Å²) < 4.78 is 0. The molecule has 0 aliphatic carbocycles. The van der Waals surface area contributed by atoms with E-state index in [1.807, 2.05) is 7.05 Å². The largest absolute Gasteiger partial charge is 0.368 e. The zero-order valence-electron chi connectivity index (χ0n) is 7.47. The normalized spacial score (nSPS) is 12.8. The molecule has 0 bridgehead atoms. The van der Waals surface area contributed by atoms with Crippen LogP contribution < -0.4 is 22.3 Å². The van der Waals surface area contributed by atoms with Crippen molar-refractivity contribution >= 4 is 5.91 Å². The highest BCUT2D eigenvalue weighted by Crippen LogP contribution is 1.98. The maximum absolute atomic E-state index is 10.7. The van der Waals surface area contributed by atoms with Gasteiger partial charge in [-0.3, -0.25) is 10.6 Å². The molecule has 0 aliphatic heterocycles. The molecule has 1 atom stereocenters. The van der Waals surface area contributed by atoms with E-state index < -0.39 is 0 Å². The van der Waals surface area contributed by atoms with Gasteiger partial charge in [-0.25, -0.2) is 5.43 Å². The summed E-state index contributed by atoms with van der Waals surface area (Å²) in [5.74, 6) is 4.73. The van der Waals surface area contributed by atoms with E-state index in [0.717, 1.165) is 19.4 Å². The zero-order chi connectivity index (χ0) is 9.40. The van der Waals surface area contributed by atoms with Crippen molar-refractivity contribution in [1.82, 2.24) is 10.7 Å². The van der Waals surface area contributed by atoms with Gasteiger partial charge in [-0.1, -0.05) is 6.42 Å². The lowest BCUT2D eigenvalue weighted by molar-refractivity contribution is -0.120. The molecule has 0 radical (unpaired) electrons. The maximum atomic E-state index is 10.7. The molecule has 0 aromatic carbocycles. The molecule has 1 unspecified atom stereocenters. The minimum absolute atomic E-state index is 0.387. The number of hydrogen-bond acceptors (Lipinski definition) is 4. The summed E-state index contributed by atoms with van der Waals surface area (Å²) in [4.78, 5) is 10.7. The summed E-state index contributed by atoms with van der Waals surface area (Å²) in [6.45, 7) is 0.954. The van der Waals surface area contributed by atoms with Crippen LogP contribution in [0.1, 0.15) is 19.3 Å². The third kappa shape index (κ3) is 5.06. The number of carbonyl (C=O) groups is 1. The Kier molecular flexibility index (Phi) is 6.64. The standard InChI is InChI=1S/C7H18N4O/c1-10-5-3-2-4-6(11-9)7(8)12/h6,10-11H,2-5,9H2,1H3,(H2,8,12). The van der Waals surface area contributed by atoms with E-state index in [4.69, 9.17) is 11.6 Å². The van der Waals surface area contributed by atoms with Gasteiger partial charge in [-0.2, -0.15) is 0 Å². The Labute approximate surface area is 72.8 Å². The highest BCUT2D eigenvalue weighted by Gasteiger charge is 2.11. The Balaban J connectivity index is 3.38. The van der Waals surface area contributed by atoms with Crippen LogP contribution in [0, 0.1) is 0 Å². The molecule has 1 amide bonds. The van der Waals surface area contributed by atoms with E-state index in [2.05, 4.69) is 10.7 Å². The average Bonchev–Trinajstić information content (AvgIpc) is 2.04. The van der Waals surface area contributed by atoms with Crippen LogP contribution in [0.3, 0.4) is 0 Å². The lowest BCUT2D eigenvalue weighted by atomic mass is 10.1. The smallest absolute Gasteiger partial charge is 0.235 e. The predicted octanol–water partition coefficient (Wildman–Crippen LogP) is -1.31. The Bertz CT molecular complexity index is 129. The molecule has 5 heteroatoms. The summed E-state index contributed by atoms with van der Waals surface area (Å²) in [6, 6.07) is -0.387. The van der Waals surface area contributed by atoms with E-state index in [1.165, 1.54) is 0 Å². The molecule has 0 fully saturated rings. The number of nitrogens with one attached hydrogen (secondary N) is 2. The van der Waals surface area contributed by atoms with Gasteiger partial charge in [0.15, 0.2) is 0 Å². The Hall–Kier alpha value is -0.650. The van der Waals surface area contributed by atoms with Gasteiger partial charge < -0.3 is 11.1 Å². The quantitative estimate of drug-likeness (QED) is 0.219. The second-order valence-electron chi connectivity index (χ2n) is 2.72. The lowest BCUT2D eigenvalue weighted by Crippen LogP contribution is -2.45. The van der Waals surface area contributed by atoms with E-state index >= 15 is 0 Å². The molecular formula is C7H18N4O. The van der Waals surface area contributed by atoms with Crippen molar-refractivity contribution in [3.05, 3.63) is 0 Å². The topological polar surface area (TPSA) is 93.2 Å². The lowest BCUT2D eigenvalue weighted by Gasteiger charge is -2.10. The second kappa shape index (κ2) is 7.02. The summed E-state index contributed by atoms with van der Waals surface area (Å²) in [5.41, 5.74) is 7.45. The van der Waals surface area contributed by atoms with Crippen LogP contribution >= 0.6 is 0 Å². The maximum Gasteiger partial charge on any atom is 0.235 e. The molecule has 0 aromatic rings. The van der Waals surface area contributed by atoms with Gasteiger partial charge in [-0.05, 0) is 26.4 Å². The first-order valence-electron chi connectivity index (χ1n) is 4.12. The summed E-state index contributed by atoms with van der Waals surface area (Å²) in [5, 5.41) is 3.02. The van der Waals surface area contributed by atoms with Crippen LogP contribution in [0.25, 0.3) is 0 Å². The Morgan fingerprint density at radius 2 is 2.17 bits per heavy atom.